The number of anilines is 3. The highest BCUT2D eigenvalue weighted by Gasteiger charge is 2.39. The molecule has 6 aromatic rings. The van der Waals surface area contributed by atoms with Crippen molar-refractivity contribution in [2.45, 2.75) is 87.0 Å². The number of sulfonamides is 2. The van der Waals surface area contributed by atoms with Gasteiger partial charge in [-0.1, -0.05) is 30.3 Å². The molecule has 0 saturated heterocycles. The first-order chi connectivity index (χ1) is 35.5. The summed E-state index contributed by atoms with van der Waals surface area (Å²) in [5, 5.41) is 20.3. The minimum atomic E-state index is -4.55. The number of hydrogen-bond donors (Lipinski definition) is 7. The second kappa shape index (κ2) is 19.9. The largest absolute Gasteiger partial charge is 0.341 e. The predicted molar refractivity (Wildman–Crippen MR) is 266 cm³/mol. The number of amides is 7. The van der Waals surface area contributed by atoms with Gasteiger partial charge in [0.25, 0.3) is 37.8 Å². The molecule has 25 heteroatoms. The summed E-state index contributed by atoms with van der Waals surface area (Å²) in [6.07, 6.45) is 13.0. The van der Waals surface area contributed by atoms with Gasteiger partial charge in [-0.05, 0) is 146 Å². The molecule has 10 rings (SSSR count). The standard InChI is InChI=1S/C49H49N13O10S2/c1-27-21-51-40(23-50-27)46(65)52-24-43(64)62-26-33(22-54-62)73(69,70)59-48(67)57-45-35-11-5-7-28(35)17-30-18-31(20-38(30)45)34-13-14-37-39(34)19-29-8-6-12-36(29)44(37)56-49(68)60-74(71,72)41-15-16-61(58-41)42(63)25-53-47(66)55-32-9-3-2-4-10-32/h2-4,9-10,15-17,19,21-23,26,31,34H,5-8,11-14,18,20,24-25H2,1H3,(H,52,65)(H2,53,55,66)(H2,56,60,68)(H2,57,59,67). The average molecular weight is 1040 g/mol. The highest BCUT2D eigenvalue weighted by molar-refractivity contribution is 7.90. The SMILES string of the molecule is Cc1cnc(C(=O)NCC(=O)n2cc(S(=O)(=O)NC(=O)Nc3c4c(cc5c3CC(C3CCc6c3cc3c(c6NC(=O)NS(=O)(=O)c6ccn(C(=O)CNC(=O)Nc7ccccc7)n6)CCC3)C5)CCC4)cn2)cn1. The van der Waals surface area contributed by atoms with Crippen LogP contribution in [0.1, 0.15) is 95.5 Å². The molecule has 0 fully saturated rings. The summed E-state index contributed by atoms with van der Waals surface area (Å²) in [5.41, 5.74) is 10.3. The van der Waals surface area contributed by atoms with E-state index in [4.69, 9.17) is 0 Å². The Hall–Kier alpha value is -8.32. The van der Waals surface area contributed by atoms with Crippen LogP contribution in [0.4, 0.5) is 31.4 Å². The molecule has 0 radical (unpaired) electrons. The molecular weight excluding hydrogens is 995 g/mol. The Morgan fingerprint density at radius 3 is 2.04 bits per heavy atom. The average Bonchev–Trinajstić information content (AvgIpc) is 4.24. The van der Waals surface area contributed by atoms with Crippen LogP contribution in [0.25, 0.3) is 0 Å². The van der Waals surface area contributed by atoms with E-state index >= 15 is 0 Å². The van der Waals surface area contributed by atoms with Crippen LogP contribution in [-0.4, -0.2) is 95.3 Å². The molecule has 0 saturated carbocycles. The molecule has 0 bridgehead atoms. The van der Waals surface area contributed by atoms with E-state index in [1.54, 1.807) is 37.3 Å². The topological polar surface area (TPSA) is 316 Å². The zero-order chi connectivity index (χ0) is 51.9. The van der Waals surface area contributed by atoms with Gasteiger partial charge < -0.3 is 26.6 Å². The molecular formula is C49H49N13O10S2. The third kappa shape index (κ3) is 10.2. The van der Waals surface area contributed by atoms with Crippen LogP contribution >= 0.6 is 0 Å². The Bertz CT molecular complexity index is 3520. The highest BCUT2D eigenvalue weighted by Crippen LogP contribution is 2.51. The molecule has 7 N–H and O–H groups in total. The van der Waals surface area contributed by atoms with E-state index in [-0.39, 0.29) is 17.5 Å². The van der Waals surface area contributed by atoms with E-state index in [9.17, 15) is 45.6 Å². The van der Waals surface area contributed by atoms with Crippen molar-refractivity contribution in [1.29, 1.82) is 0 Å². The number of carbonyl (C=O) groups is 6. The summed E-state index contributed by atoms with van der Waals surface area (Å²) in [5.74, 6) is -1.99. The fourth-order valence-corrected chi connectivity index (χ4v) is 12.1. The van der Waals surface area contributed by atoms with Crippen molar-refractivity contribution in [3.63, 3.8) is 0 Å². The van der Waals surface area contributed by atoms with Crippen LogP contribution in [0, 0.1) is 12.8 Å². The number of para-hydroxylation sites is 1. The molecule has 3 aromatic carbocycles. The molecule has 382 valence electrons. The molecule has 7 amide bonds. The maximum absolute atomic E-state index is 13.6. The van der Waals surface area contributed by atoms with Gasteiger partial charge in [-0.2, -0.15) is 18.6 Å². The Kier molecular flexibility index (Phi) is 13.3. The number of benzene rings is 3. The van der Waals surface area contributed by atoms with Gasteiger partial charge in [0.1, 0.15) is 17.1 Å². The smallest absolute Gasteiger partial charge is 0.333 e. The maximum atomic E-state index is 13.6. The molecule has 2 unspecified atom stereocenters. The van der Waals surface area contributed by atoms with Gasteiger partial charge in [-0.3, -0.25) is 19.4 Å². The quantitative estimate of drug-likeness (QED) is 0.0855. The number of hydrogen-bond acceptors (Lipinski definition) is 14. The summed E-state index contributed by atoms with van der Waals surface area (Å²) < 4.78 is 59.4. The van der Waals surface area contributed by atoms with Gasteiger partial charge in [0.05, 0.1) is 30.8 Å². The second-order valence-electron chi connectivity index (χ2n) is 18.5. The normalized spacial score (nSPS) is 16.3. The van der Waals surface area contributed by atoms with Crippen LogP contribution < -0.4 is 36.0 Å². The number of carbonyl (C=O) groups excluding carboxylic acids is 6. The minimum Gasteiger partial charge on any atom is -0.341 e. The first-order valence-electron chi connectivity index (χ1n) is 23.8. The van der Waals surface area contributed by atoms with Crippen LogP contribution in [0.2, 0.25) is 0 Å². The van der Waals surface area contributed by atoms with Gasteiger partial charge in [0.15, 0.2) is 5.03 Å². The highest BCUT2D eigenvalue weighted by atomic mass is 32.2. The molecule has 4 aliphatic rings. The Labute approximate surface area is 423 Å². The van der Waals surface area contributed by atoms with Gasteiger partial charge in [-0.25, -0.2) is 46.6 Å². The van der Waals surface area contributed by atoms with E-state index in [1.807, 2.05) is 4.72 Å². The third-order valence-electron chi connectivity index (χ3n) is 13.8. The van der Waals surface area contributed by atoms with Crippen molar-refractivity contribution in [2.75, 3.05) is 29.0 Å². The zero-order valence-corrected chi connectivity index (χ0v) is 41.4. The van der Waals surface area contributed by atoms with Gasteiger partial charge in [0, 0.05) is 29.5 Å². The van der Waals surface area contributed by atoms with Crippen molar-refractivity contribution in [2.24, 2.45) is 5.92 Å². The lowest BCUT2D eigenvalue weighted by Gasteiger charge is -2.22. The summed E-state index contributed by atoms with van der Waals surface area (Å²) >= 11 is 0. The molecule has 4 aliphatic carbocycles. The monoisotopic (exact) mass is 1040 g/mol. The van der Waals surface area contributed by atoms with Crippen molar-refractivity contribution < 1.29 is 45.6 Å². The molecule has 0 aliphatic heterocycles. The second-order valence-corrected chi connectivity index (χ2v) is 21.8. The fourth-order valence-electron chi connectivity index (χ4n) is 10.4. The van der Waals surface area contributed by atoms with E-state index in [0.29, 0.717) is 54.9 Å². The molecule has 3 aromatic heterocycles. The Morgan fingerprint density at radius 1 is 0.649 bits per heavy atom. The van der Waals surface area contributed by atoms with Crippen LogP contribution in [0.5, 0.6) is 0 Å². The minimum absolute atomic E-state index is 0.00993. The van der Waals surface area contributed by atoms with Gasteiger partial charge in [-0.15, -0.1) is 0 Å². The van der Waals surface area contributed by atoms with Crippen molar-refractivity contribution in [3.05, 3.63) is 135 Å². The lowest BCUT2D eigenvalue weighted by atomic mass is 9.84. The molecule has 74 heavy (non-hydrogen) atoms. The van der Waals surface area contributed by atoms with Crippen molar-refractivity contribution >= 4 is 72.9 Å². The fraction of sp³-hybridized carbons (Fsp3) is 0.306. The van der Waals surface area contributed by atoms with Crippen molar-refractivity contribution in [3.8, 4) is 0 Å². The first-order valence-corrected chi connectivity index (χ1v) is 26.8. The Balaban J connectivity index is 0.790. The van der Waals surface area contributed by atoms with E-state index in [2.05, 4.69) is 63.6 Å². The summed E-state index contributed by atoms with van der Waals surface area (Å²) in [7, 11) is -9.06. The van der Waals surface area contributed by atoms with Gasteiger partial charge >= 0.3 is 18.1 Å². The predicted octanol–water partition coefficient (Wildman–Crippen LogP) is 4.15. The van der Waals surface area contributed by atoms with Crippen LogP contribution in [-0.2, 0) is 65.0 Å². The number of urea groups is 3. The van der Waals surface area contributed by atoms with E-state index in [1.165, 1.54) is 12.4 Å². The molecule has 0 spiro atoms. The molecule has 2 atom stereocenters. The van der Waals surface area contributed by atoms with Crippen LogP contribution in [0.15, 0.2) is 89.4 Å². The maximum Gasteiger partial charge on any atom is 0.333 e. The number of fused-ring (bicyclic) bond motifs is 4. The summed E-state index contributed by atoms with van der Waals surface area (Å²) in [6.45, 7) is 0.693. The Morgan fingerprint density at radius 2 is 1.32 bits per heavy atom. The van der Waals surface area contributed by atoms with Crippen LogP contribution in [0.3, 0.4) is 0 Å². The number of rotatable bonds is 13. The van der Waals surface area contributed by atoms with Gasteiger partial charge in [0.2, 0.25) is 0 Å². The number of nitrogens with zero attached hydrogens (tertiary/aromatic N) is 6. The molecule has 23 nitrogen and oxygen atoms in total. The number of aromatic nitrogens is 6. The lowest BCUT2D eigenvalue weighted by Crippen LogP contribution is -2.36. The van der Waals surface area contributed by atoms with Crippen molar-refractivity contribution in [1.82, 2.24) is 49.6 Å². The summed E-state index contributed by atoms with van der Waals surface area (Å²) in [6, 6.07) is 11.4. The third-order valence-corrected chi connectivity index (χ3v) is 16.3. The first kappa shape index (κ1) is 49.3. The zero-order valence-electron chi connectivity index (χ0n) is 39.7. The number of aryl methyl sites for hydroxylation is 3. The van der Waals surface area contributed by atoms with E-state index < -0.39 is 78.9 Å². The van der Waals surface area contributed by atoms with E-state index in [0.717, 1.165) is 111 Å². The lowest BCUT2D eigenvalue weighted by molar-refractivity contribution is 0.0848. The molecule has 3 heterocycles. The summed E-state index contributed by atoms with van der Waals surface area (Å²) in [4.78, 5) is 85.0. The number of nitrogens with one attached hydrogen (secondary N) is 7.